The minimum Gasteiger partial charge on any atom is -0.494 e. The smallest absolute Gasteiger partial charge is 0.264 e. The Morgan fingerprint density at radius 3 is 2.25 bits per heavy atom. The molecule has 0 saturated carbocycles. The lowest BCUT2D eigenvalue weighted by molar-refractivity contribution is -0.120. The van der Waals surface area contributed by atoms with Crippen LogP contribution in [0.3, 0.4) is 0 Å². The van der Waals surface area contributed by atoms with E-state index in [1.54, 1.807) is 31.2 Å². The van der Waals surface area contributed by atoms with Gasteiger partial charge in [0.05, 0.1) is 38.0 Å². The molecular formula is C22H30N2O7S. The van der Waals surface area contributed by atoms with Crippen LogP contribution in [0.1, 0.15) is 13.8 Å². The summed E-state index contributed by atoms with van der Waals surface area (Å²) < 4.78 is 49.0. The molecule has 0 spiro atoms. The van der Waals surface area contributed by atoms with Gasteiger partial charge in [-0.2, -0.15) is 0 Å². The number of nitrogens with zero attached hydrogens (tertiary/aromatic N) is 1. The molecule has 1 N–H and O–H groups in total. The Kier molecular flexibility index (Phi) is 9.15. The van der Waals surface area contributed by atoms with Gasteiger partial charge >= 0.3 is 0 Å². The molecule has 0 bridgehead atoms. The number of carbonyl (C=O) groups is 1. The highest BCUT2D eigenvalue weighted by Crippen LogP contribution is 2.32. The molecule has 0 aliphatic carbocycles. The number of ether oxygens (including phenoxy) is 4. The van der Waals surface area contributed by atoms with E-state index < -0.39 is 22.5 Å². The molecule has 0 aromatic heterocycles. The number of rotatable bonds is 12. The van der Waals surface area contributed by atoms with Crippen LogP contribution in [0, 0.1) is 0 Å². The summed E-state index contributed by atoms with van der Waals surface area (Å²) in [6.07, 6.45) is 0. The summed E-state index contributed by atoms with van der Waals surface area (Å²) in [5.74, 6) is 0.786. The van der Waals surface area contributed by atoms with Crippen LogP contribution in [0.4, 0.5) is 5.69 Å². The Morgan fingerprint density at radius 2 is 1.69 bits per heavy atom. The maximum atomic E-state index is 13.6. The fraction of sp³-hybridized carbons (Fsp3) is 0.409. The molecule has 0 heterocycles. The van der Waals surface area contributed by atoms with Crippen LogP contribution in [0.5, 0.6) is 17.2 Å². The third kappa shape index (κ3) is 6.27. The molecule has 0 aliphatic heterocycles. The van der Waals surface area contributed by atoms with E-state index in [2.05, 4.69) is 5.32 Å². The quantitative estimate of drug-likeness (QED) is 0.512. The van der Waals surface area contributed by atoms with E-state index in [0.29, 0.717) is 30.4 Å². The first kappa shape index (κ1) is 25.3. The molecule has 0 radical (unpaired) electrons. The normalized spacial score (nSPS) is 12.0. The number of amides is 1. The van der Waals surface area contributed by atoms with Crippen LogP contribution in [-0.2, 0) is 19.6 Å². The van der Waals surface area contributed by atoms with Crippen LogP contribution >= 0.6 is 0 Å². The second-order valence-electron chi connectivity index (χ2n) is 6.88. The molecule has 176 valence electrons. The number of nitrogens with one attached hydrogen (secondary N) is 1. The van der Waals surface area contributed by atoms with Crippen molar-refractivity contribution >= 4 is 21.6 Å². The zero-order valence-corrected chi connectivity index (χ0v) is 19.8. The lowest BCUT2D eigenvalue weighted by atomic mass is 10.3. The fourth-order valence-corrected chi connectivity index (χ4v) is 4.47. The molecular weight excluding hydrogens is 436 g/mol. The average Bonchev–Trinajstić information content (AvgIpc) is 2.77. The molecule has 0 aliphatic rings. The van der Waals surface area contributed by atoms with E-state index in [0.717, 1.165) is 4.31 Å². The molecule has 2 aromatic carbocycles. The maximum Gasteiger partial charge on any atom is 0.264 e. The molecule has 32 heavy (non-hydrogen) atoms. The van der Waals surface area contributed by atoms with Crippen LogP contribution in [0.25, 0.3) is 0 Å². The number of carbonyl (C=O) groups excluding carboxylic acids is 1. The Morgan fingerprint density at radius 1 is 1.03 bits per heavy atom. The van der Waals surface area contributed by atoms with Gasteiger partial charge in [-0.15, -0.1) is 0 Å². The van der Waals surface area contributed by atoms with E-state index >= 15 is 0 Å². The van der Waals surface area contributed by atoms with Crippen molar-refractivity contribution in [1.29, 1.82) is 0 Å². The molecule has 2 aromatic rings. The maximum absolute atomic E-state index is 13.6. The van der Waals surface area contributed by atoms with Gasteiger partial charge in [-0.3, -0.25) is 9.10 Å². The summed E-state index contributed by atoms with van der Waals surface area (Å²) in [7, 11) is 0.291. The standard InChI is InChI=1S/C22H30N2O7S/c1-6-31-18-9-7-17(8-10-18)24(14-22(25)23-16(2)15-28-3)32(26,27)19-11-12-20(29-4)21(13-19)30-5/h7-13,16H,6,14-15H2,1-5H3,(H,23,25)/t16-/m0/s1. The molecule has 2 rings (SSSR count). The summed E-state index contributed by atoms with van der Waals surface area (Å²) in [5, 5.41) is 2.74. The number of benzene rings is 2. The first-order valence-corrected chi connectivity index (χ1v) is 11.5. The largest absolute Gasteiger partial charge is 0.494 e. The SMILES string of the molecule is CCOc1ccc(N(CC(=O)N[C@@H](C)COC)S(=O)(=O)c2ccc(OC)c(OC)c2)cc1. The van der Waals surface area contributed by atoms with E-state index in [9.17, 15) is 13.2 Å². The molecule has 0 unspecified atom stereocenters. The van der Waals surface area contributed by atoms with Gasteiger partial charge in [0.1, 0.15) is 12.3 Å². The second kappa shape index (κ2) is 11.6. The highest BCUT2D eigenvalue weighted by molar-refractivity contribution is 7.92. The Hall–Kier alpha value is -2.98. The predicted molar refractivity (Wildman–Crippen MR) is 121 cm³/mol. The molecule has 0 saturated heterocycles. The summed E-state index contributed by atoms with van der Waals surface area (Å²) in [4.78, 5) is 12.6. The molecule has 10 heteroatoms. The Bertz CT molecular complexity index is 994. The number of anilines is 1. The highest BCUT2D eigenvalue weighted by Gasteiger charge is 2.28. The van der Waals surface area contributed by atoms with Crippen molar-refractivity contribution in [2.45, 2.75) is 24.8 Å². The van der Waals surface area contributed by atoms with Gasteiger partial charge in [-0.05, 0) is 50.2 Å². The third-order valence-electron chi connectivity index (χ3n) is 4.49. The van der Waals surface area contributed by atoms with Gasteiger partial charge in [-0.1, -0.05) is 0 Å². The van der Waals surface area contributed by atoms with Crippen molar-refractivity contribution in [3.63, 3.8) is 0 Å². The van der Waals surface area contributed by atoms with Crippen LogP contribution in [-0.4, -0.2) is 61.5 Å². The topological polar surface area (TPSA) is 103 Å². The first-order valence-electron chi connectivity index (χ1n) is 10.0. The molecule has 1 atom stereocenters. The van der Waals surface area contributed by atoms with Gasteiger partial charge in [0, 0.05) is 19.2 Å². The van der Waals surface area contributed by atoms with Gasteiger partial charge in [0.2, 0.25) is 5.91 Å². The average molecular weight is 467 g/mol. The minimum atomic E-state index is -4.12. The van der Waals surface area contributed by atoms with E-state index in [4.69, 9.17) is 18.9 Å². The Labute approximate surface area is 189 Å². The lowest BCUT2D eigenvalue weighted by Gasteiger charge is -2.25. The lowest BCUT2D eigenvalue weighted by Crippen LogP contribution is -2.44. The van der Waals surface area contributed by atoms with Crippen molar-refractivity contribution < 1.29 is 32.2 Å². The fourth-order valence-electron chi connectivity index (χ4n) is 3.04. The van der Waals surface area contributed by atoms with Crippen molar-refractivity contribution in [2.75, 3.05) is 45.4 Å². The van der Waals surface area contributed by atoms with Gasteiger partial charge in [-0.25, -0.2) is 8.42 Å². The zero-order chi connectivity index (χ0) is 23.7. The second-order valence-corrected chi connectivity index (χ2v) is 8.74. The number of hydrogen-bond donors (Lipinski definition) is 1. The van der Waals surface area contributed by atoms with Crippen LogP contribution in [0.15, 0.2) is 47.4 Å². The van der Waals surface area contributed by atoms with Crippen LogP contribution < -0.4 is 23.8 Å². The summed E-state index contributed by atoms with van der Waals surface area (Å²) in [6, 6.07) is 10.5. The third-order valence-corrected chi connectivity index (χ3v) is 6.26. The molecule has 9 nitrogen and oxygen atoms in total. The number of methoxy groups -OCH3 is 3. The summed E-state index contributed by atoms with van der Waals surface area (Å²) in [6.45, 7) is 3.99. The van der Waals surface area contributed by atoms with Gasteiger partial charge in [0.25, 0.3) is 10.0 Å². The van der Waals surface area contributed by atoms with Gasteiger partial charge in [0.15, 0.2) is 11.5 Å². The summed E-state index contributed by atoms with van der Waals surface area (Å²) in [5.41, 5.74) is 0.317. The highest BCUT2D eigenvalue weighted by atomic mass is 32.2. The van der Waals surface area contributed by atoms with E-state index in [-0.39, 0.29) is 16.7 Å². The minimum absolute atomic E-state index is 0.0400. The molecule has 0 fully saturated rings. The van der Waals surface area contributed by atoms with Crippen molar-refractivity contribution in [1.82, 2.24) is 5.32 Å². The zero-order valence-electron chi connectivity index (χ0n) is 19.0. The number of hydrogen-bond acceptors (Lipinski definition) is 7. The summed E-state index contributed by atoms with van der Waals surface area (Å²) >= 11 is 0. The monoisotopic (exact) mass is 466 g/mol. The Balaban J connectivity index is 2.45. The molecule has 1 amide bonds. The predicted octanol–water partition coefficient (Wildman–Crippen LogP) is 2.45. The van der Waals surface area contributed by atoms with Crippen molar-refractivity contribution in [3.8, 4) is 17.2 Å². The van der Waals surface area contributed by atoms with Crippen molar-refractivity contribution in [2.24, 2.45) is 0 Å². The van der Waals surface area contributed by atoms with Gasteiger partial charge < -0.3 is 24.3 Å². The van der Waals surface area contributed by atoms with Crippen molar-refractivity contribution in [3.05, 3.63) is 42.5 Å². The number of sulfonamides is 1. The van der Waals surface area contributed by atoms with Crippen LogP contribution in [0.2, 0.25) is 0 Å². The first-order chi connectivity index (χ1) is 15.3. The van der Waals surface area contributed by atoms with E-state index in [1.807, 2.05) is 6.92 Å². The van der Waals surface area contributed by atoms with E-state index in [1.165, 1.54) is 39.5 Å².